The van der Waals surface area contributed by atoms with Gasteiger partial charge in [0.1, 0.15) is 17.8 Å². The Hall–Kier alpha value is -3.08. The van der Waals surface area contributed by atoms with Crippen molar-refractivity contribution in [3.05, 3.63) is 65.0 Å². The largest absolute Gasteiger partial charge is 0.437 e. The van der Waals surface area contributed by atoms with Gasteiger partial charge in [0.15, 0.2) is 5.82 Å². The van der Waals surface area contributed by atoms with Gasteiger partial charge < -0.3 is 15.8 Å². The molecular formula is C20H22N4O. The second-order valence-corrected chi connectivity index (χ2v) is 6.29. The highest BCUT2D eigenvalue weighted by atomic mass is 16.5. The van der Waals surface area contributed by atoms with Crippen LogP contribution in [0.5, 0.6) is 11.6 Å². The SMILES string of the molecule is Cc1cc(C)cc(Oc2ncnc(Nc3ccc(C)c(C)c3)c2N)c1. The minimum absolute atomic E-state index is 0.339. The molecule has 0 aliphatic carbocycles. The molecule has 0 fully saturated rings. The molecule has 1 heterocycles. The van der Waals surface area contributed by atoms with Gasteiger partial charge in [0.25, 0.3) is 0 Å². The van der Waals surface area contributed by atoms with Crippen LogP contribution >= 0.6 is 0 Å². The Labute approximate surface area is 147 Å². The molecule has 0 unspecified atom stereocenters. The summed E-state index contributed by atoms with van der Waals surface area (Å²) in [5, 5.41) is 3.23. The summed E-state index contributed by atoms with van der Waals surface area (Å²) in [6.07, 6.45) is 1.44. The monoisotopic (exact) mass is 334 g/mol. The van der Waals surface area contributed by atoms with Crippen LogP contribution in [0.1, 0.15) is 22.3 Å². The molecule has 3 N–H and O–H groups in total. The van der Waals surface area contributed by atoms with E-state index in [0.29, 0.717) is 23.1 Å². The van der Waals surface area contributed by atoms with E-state index in [1.54, 1.807) is 0 Å². The molecule has 128 valence electrons. The summed E-state index contributed by atoms with van der Waals surface area (Å²) < 4.78 is 5.88. The van der Waals surface area contributed by atoms with Crippen molar-refractivity contribution >= 4 is 17.2 Å². The number of nitrogens with zero attached hydrogens (tertiary/aromatic N) is 2. The van der Waals surface area contributed by atoms with Crippen molar-refractivity contribution in [2.45, 2.75) is 27.7 Å². The normalized spacial score (nSPS) is 10.6. The summed E-state index contributed by atoms with van der Waals surface area (Å²) in [6, 6.07) is 12.1. The highest BCUT2D eigenvalue weighted by molar-refractivity contribution is 5.72. The van der Waals surface area contributed by atoms with Crippen LogP contribution < -0.4 is 15.8 Å². The van der Waals surface area contributed by atoms with Crippen LogP contribution in [0.4, 0.5) is 17.2 Å². The maximum atomic E-state index is 6.21. The van der Waals surface area contributed by atoms with Gasteiger partial charge in [0, 0.05) is 5.69 Å². The summed E-state index contributed by atoms with van der Waals surface area (Å²) >= 11 is 0. The molecule has 0 radical (unpaired) electrons. The molecule has 0 amide bonds. The van der Waals surface area contributed by atoms with Crippen LogP contribution in [0.25, 0.3) is 0 Å². The van der Waals surface area contributed by atoms with Crippen molar-refractivity contribution in [3.8, 4) is 11.6 Å². The van der Waals surface area contributed by atoms with Crippen molar-refractivity contribution in [2.75, 3.05) is 11.1 Å². The van der Waals surface area contributed by atoms with Crippen molar-refractivity contribution < 1.29 is 4.74 Å². The summed E-state index contributed by atoms with van der Waals surface area (Å²) in [4.78, 5) is 8.40. The maximum Gasteiger partial charge on any atom is 0.248 e. The molecule has 0 saturated carbocycles. The molecule has 5 nitrogen and oxygen atoms in total. The maximum absolute atomic E-state index is 6.21. The van der Waals surface area contributed by atoms with Crippen molar-refractivity contribution in [1.29, 1.82) is 0 Å². The second kappa shape index (κ2) is 6.81. The number of hydrogen-bond donors (Lipinski definition) is 2. The van der Waals surface area contributed by atoms with Crippen LogP contribution in [0.15, 0.2) is 42.7 Å². The Kier molecular flexibility index (Phi) is 4.57. The average molecular weight is 334 g/mol. The number of hydrogen-bond acceptors (Lipinski definition) is 5. The first-order chi connectivity index (χ1) is 11.9. The highest BCUT2D eigenvalue weighted by Gasteiger charge is 2.11. The number of nitrogen functional groups attached to an aromatic ring is 1. The van der Waals surface area contributed by atoms with Gasteiger partial charge in [0.05, 0.1) is 0 Å². The lowest BCUT2D eigenvalue weighted by molar-refractivity contribution is 0.464. The van der Waals surface area contributed by atoms with Gasteiger partial charge in [-0.2, -0.15) is 4.98 Å². The van der Waals surface area contributed by atoms with Crippen molar-refractivity contribution in [1.82, 2.24) is 9.97 Å². The lowest BCUT2D eigenvalue weighted by atomic mass is 10.1. The predicted molar refractivity (Wildman–Crippen MR) is 102 cm³/mol. The van der Waals surface area contributed by atoms with E-state index >= 15 is 0 Å². The topological polar surface area (TPSA) is 73.1 Å². The second-order valence-electron chi connectivity index (χ2n) is 6.29. The van der Waals surface area contributed by atoms with E-state index in [-0.39, 0.29) is 0 Å². The Balaban J connectivity index is 1.87. The van der Waals surface area contributed by atoms with E-state index in [4.69, 9.17) is 10.5 Å². The molecule has 0 aliphatic rings. The van der Waals surface area contributed by atoms with E-state index in [9.17, 15) is 0 Å². The Morgan fingerprint density at radius 1 is 0.880 bits per heavy atom. The van der Waals surface area contributed by atoms with Crippen molar-refractivity contribution in [3.63, 3.8) is 0 Å². The van der Waals surface area contributed by atoms with Crippen molar-refractivity contribution in [2.24, 2.45) is 0 Å². The van der Waals surface area contributed by atoms with Gasteiger partial charge in [-0.05, 0) is 74.2 Å². The van der Waals surface area contributed by atoms with Gasteiger partial charge >= 0.3 is 0 Å². The van der Waals surface area contributed by atoms with Gasteiger partial charge in [-0.15, -0.1) is 0 Å². The average Bonchev–Trinajstić information content (AvgIpc) is 2.54. The molecule has 25 heavy (non-hydrogen) atoms. The van der Waals surface area contributed by atoms with Crippen LogP contribution in [-0.2, 0) is 0 Å². The minimum Gasteiger partial charge on any atom is -0.437 e. The van der Waals surface area contributed by atoms with Crippen LogP contribution in [-0.4, -0.2) is 9.97 Å². The van der Waals surface area contributed by atoms with Gasteiger partial charge in [-0.3, -0.25) is 0 Å². The predicted octanol–water partition coefficient (Wildman–Crippen LogP) is 4.83. The highest BCUT2D eigenvalue weighted by Crippen LogP contribution is 2.31. The first-order valence-corrected chi connectivity index (χ1v) is 8.13. The number of benzene rings is 2. The van der Waals surface area contributed by atoms with Crippen LogP contribution in [0.2, 0.25) is 0 Å². The van der Waals surface area contributed by atoms with E-state index in [1.165, 1.54) is 17.5 Å². The third-order valence-corrected chi connectivity index (χ3v) is 4.03. The van der Waals surface area contributed by atoms with Crippen LogP contribution in [0, 0.1) is 27.7 Å². The standard InChI is InChI=1S/C20H22N4O/c1-12-7-13(2)9-17(8-12)25-20-18(21)19(22-11-23-20)24-16-6-5-14(3)15(4)10-16/h5-11H,21H2,1-4H3,(H,22,23,24). The zero-order chi connectivity index (χ0) is 18.0. The number of nitrogens with two attached hydrogens (primary N) is 1. The first-order valence-electron chi connectivity index (χ1n) is 8.13. The third-order valence-electron chi connectivity index (χ3n) is 4.03. The summed E-state index contributed by atoms with van der Waals surface area (Å²) in [6.45, 7) is 8.19. The zero-order valence-corrected chi connectivity index (χ0v) is 14.9. The van der Waals surface area contributed by atoms with E-state index in [0.717, 1.165) is 16.8 Å². The molecule has 0 atom stereocenters. The smallest absolute Gasteiger partial charge is 0.248 e. The third kappa shape index (κ3) is 3.88. The molecule has 1 aromatic heterocycles. The molecule has 5 heteroatoms. The molecule has 0 aliphatic heterocycles. The number of aryl methyl sites for hydroxylation is 4. The molecule has 0 bridgehead atoms. The number of anilines is 3. The number of nitrogens with one attached hydrogen (secondary N) is 1. The summed E-state index contributed by atoms with van der Waals surface area (Å²) in [7, 11) is 0. The quantitative estimate of drug-likeness (QED) is 0.715. The molecule has 2 aromatic carbocycles. The molecule has 0 saturated heterocycles. The molecule has 3 aromatic rings. The van der Waals surface area contributed by atoms with Crippen LogP contribution in [0.3, 0.4) is 0 Å². The molecule has 0 spiro atoms. The molecule has 3 rings (SSSR count). The minimum atomic E-state index is 0.339. The fourth-order valence-corrected chi connectivity index (χ4v) is 2.62. The number of aromatic nitrogens is 2. The van der Waals surface area contributed by atoms with Gasteiger partial charge in [0.2, 0.25) is 5.88 Å². The Bertz CT molecular complexity index is 901. The van der Waals surface area contributed by atoms with E-state index < -0.39 is 0 Å². The summed E-state index contributed by atoms with van der Waals surface area (Å²) in [5.41, 5.74) is 12.2. The Morgan fingerprint density at radius 3 is 2.28 bits per heavy atom. The lowest BCUT2D eigenvalue weighted by Gasteiger charge is -2.13. The van der Waals surface area contributed by atoms with E-state index in [1.807, 2.05) is 32.0 Å². The van der Waals surface area contributed by atoms with Gasteiger partial charge in [-0.25, -0.2) is 4.98 Å². The summed E-state index contributed by atoms with van der Waals surface area (Å²) in [5.74, 6) is 1.57. The fraction of sp³-hybridized carbons (Fsp3) is 0.200. The Morgan fingerprint density at radius 2 is 1.60 bits per heavy atom. The first kappa shape index (κ1) is 16.8. The molecular weight excluding hydrogens is 312 g/mol. The number of rotatable bonds is 4. The zero-order valence-electron chi connectivity index (χ0n) is 14.9. The lowest BCUT2D eigenvalue weighted by Crippen LogP contribution is -2.03. The fourth-order valence-electron chi connectivity index (χ4n) is 2.62. The van der Waals surface area contributed by atoms with Gasteiger partial charge in [-0.1, -0.05) is 12.1 Å². The van der Waals surface area contributed by atoms with E-state index in [2.05, 4.69) is 47.3 Å². The number of ether oxygens (including phenoxy) is 1.